The highest BCUT2D eigenvalue weighted by Gasteiger charge is 2.27. The molecule has 1 aliphatic carbocycles. The number of benzene rings is 1. The fraction of sp³-hybridized carbons (Fsp3) is 0.208. The van der Waals surface area contributed by atoms with Crippen LogP contribution in [-0.2, 0) is 6.54 Å². The third-order valence-electron chi connectivity index (χ3n) is 5.32. The van der Waals surface area contributed by atoms with Crippen molar-refractivity contribution in [1.82, 2.24) is 9.38 Å². The fourth-order valence-electron chi connectivity index (χ4n) is 3.65. The lowest BCUT2D eigenvalue weighted by Gasteiger charge is -2.11. The van der Waals surface area contributed by atoms with Crippen LogP contribution in [-0.4, -0.2) is 14.5 Å². The van der Waals surface area contributed by atoms with Gasteiger partial charge in [0.1, 0.15) is 6.54 Å². The molecule has 1 saturated carbocycles. The van der Waals surface area contributed by atoms with Gasteiger partial charge in [-0.2, -0.15) is 8.97 Å². The van der Waals surface area contributed by atoms with Crippen LogP contribution >= 0.6 is 22.9 Å². The van der Waals surface area contributed by atoms with Gasteiger partial charge in [0, 0.05) is 23.2 Å². The van der Waals surface area contributed by atoms with Crippen LogP contribution in [0, 0.1) is 24.7 Å². The molecule has 31 heavy (non-hydrogen) atoms. The molecule has 1 N–H and O–H groups in total. The number of nitrogens with zero attached hydrogens (tertiary/aromatic N) is 3. The van der Waals surface area contributed by atoms with Gasteiger partial charge < -0.3 is 5.11 Å². The second-order valence-corrected chi connectivity index (χ2v) is 9.38. The molecule has 0 saturated heterocycles. The molecular weight excluding hydrogens is 430 g/mol. The SMILES string of the molecule is Cc1cccn2c(=O)c(-c3cccc(C#CC4CC4)c3)c(O)[n+](Cc3cnc(Cl)s3)c12. The van der Waals surface area contributed by atoms with E-state index in [2.05, 4.69) is 16.8 Å². The standard InChI is InChI=1S/C24H18ClN3O2S/c1-15-4-3-11-27-21(15)28(14-19-13-26-24(25)31-19)23(30)20(22(27)29)18-6-2-5-17(12-18)10-9-16-7-8-16/h2-6,11-13,16H,7-8,14H2,1H3/p+1. The van der Waals surface area contributed by atoms with Gasteiger partial charge in [0.15, 0.2) is 10.0 Å². The third kappa shape index (κ3) is 3.83. The van der Waals surface area contributed by atoms with E-state index in [4.69, 9.17) is 11.6 Å². The number of rotatable bonds is 3. The maximum Gasteiger partial charge on any atom is 0.354 e. The van der Waals surface area contributed by atoms with Crippen molar-refractivity contribution in [2.75, 3.05) is 0 Å². The average molecular weight is 449 g/mol. The maximum atomic E-state index is 13.4. The Hall–Kier alpha value is -3.14. The van der Waals surface area contributed by atoms with Crippen molar-refractivity contribution in [3.63, 3.8) is 0 Å². The van der Waals surface area contributed by atoms with Gasteiger partial charge in [-0.05, 0) is 49.6 Å². The molecule has 1 aliphatic rings. The summed E-state index contributed by atoms with van der Waals surface area (Å²) in [5.41, 5.74) is 2.94. The van der Waals surface area contributed by atoms with Gasteiger partial charge in [-0.25, -0.2) is 9.78 Å². The molecule has 1 aromatic carbocycles. The maximum absolute atomic E-state index is 13.4. The lowest BCUT2D eigenvalue weighted by atomic mass is 10.0. The zero-order valence-electron chi connectivity index (χ0n) is 16.8. The van der Waals surface area contributed by atoms with Crippen molar-refractivity contribution in [3.05, 3.63) is 79.6 Å². The Bertz CT molecular complexity index is 1440. The highest BCUT2D eigenvalue weighted by Crippen LogP contribution is 2.28. The molecular formula is C24H19ClN3O2S+. The van der Waals surface area contributed by atoms with Gasteiger partial charge in [0.25, 0.3) is 11.5 Å². The summed E-state index contributed by atoms with van der Waals surface area (Å²) in [6, 6.07) is 11.2. The Morgan fingerprint density at radius 3 is 2.90 bits per heavy atom. The van der Waals surface area contributed by atoms with Crippen molar-refractivity contribution < 1.29 is 9.67 Å². The van der Waals surface area contributed by atoms with Crippen LogP contribution in [0.5, 0.6) is 5.88 Å². The Balaban J connectivity index is 1.73. The van der Waals surface area contributed by atoms with Crippen molar-refractivity contribution in [3.8, 4) is 28.8 Å². The minimum atomic E-state index is -0.276. The number of halogens is 1. The second-order valence-electron chi connectivity index (χ2n) is 7.68. The lowest BCUT2D eigenvalue weighted by Crippen LogP contribution is -2.41. The molecule has 7 heteroatoms. The average Bonchev–Trinajstić information content (AvgIpc) is 3.50. The van der Waals surface area contributed by atoms with E-state index in [0.29, 0.717) is 28.1 Å². The summed E-state index contributed by atoms with van der Waals surface area (Å²) in [5, 5.41) is 11.3. The molecule has 154 valence electrons. The molecule has 0 amide bonds. The Morgan fingerprint density at radius 2 is 2.16 bits per heavy atom. The van der Waals surface area contributed by atoms with Gasteiger partial charge in [-0.15, -0.1) is 11.3 Å². The van der Waals surface area contributed by atoms with E-state index in [9.17, 15) is 9.90 Å². The van der Waals surface area contributed by atoms with Crippen molar-refractivity contribution in [1.29, 1.82) is 0 Å². The smallest absolute Gasteiger partial charge is 0.354 e. The molecule has 0 bridgehead atoms. The topological polar surface area (TPSA) is 58.5 Å². The molecule has 0 aliphatic heterocycles. The minimum absolute atomic E-state index is 0.0869. The van der Waals surface area contributed by atoms with E-state index in [-0.39, 0.29) is 17.0 Å². The summed E-state index contributed by atoms with van der Waals surface area (Å²) < 4.78 is 3.75. The van der Waals surface area contributed by atoms with E-state index >= 15 is 0 Å². The predicted molar refractivity (Wildman–Crippen MR) is 122 cm³/mol. The highest BCUT2D eigenvalue weighted by molar-refractivity contribution is 7.15. The van der Waals surface area contributed by atoms with Crippen LogP contribution in [0.25, 0.3) is 16.8 Å². The van der Waals surface area contributed by atoms with E-state index in [1.54, 1.807) is 21.4 Å². The van der Waals surface area contributed by atoms with Crippen LogP contribution in [0.4, 0.5) is 0 Å². The number of hydrogen-bond acceptors (Lipinski definition) is 4. The van der Waals surface area contributed by atoms with E-state index in [1.165, 1.54) is 11.3 Å². The molecule has 0 unspecified atom stereocenters. The molecule has 5 rings (SSSR count). The Morgan fingerprint density at radius 1 is 1.32 bits per heavy atom. The number of pyridine rings is 1. The monoisotopic (exact) mass is 448 g/mol. The Labute approximate surface area is 188 Å². The molecule has 3 heterocycles. The quantitative estimate of drug-likeness (QED) is 0.377. The number of hydrogen-bond donors (Lipinski definition) is 1. The zero-order chi connectivity index (χ0) is 21.5. The van der Waals surface area contributed by atoms with Gasteiger partial charge in [0.2, 0.25) is 0 Å². The van der Waals surface area contributed by atoms with Crippen molar-refractivity contribution >= 4 is 28.6 Å². The summed E-state index contributed by atoms with van der Waals surface area (Å²) in [6.07, 6.45) is 5.72. The van der Waals surface area contributed by atoms with Crippen molar-refractivity contribution in [2.24, 2.45) is 5.92 Å². The van der Waals surface area contributed by atoms with E-state index < -0.39 is 0 Å². The largest absolute Gasteiger partial charge is 0.477 e. The van der Waals surface area contributed by atoms with Gasteiger partial charge >= 0.3 is 5.56 Å². The van der Waals surface area contributed by atoms with Gasteiger partial charge in [-0.3, -0.25) is 0 Å². The third-order valence-corrected chi connectivity index (χ3v) is 6.42. The first kappa shape index (κ1) is 19.8. The normalized spacial score (nSPS) is 13.2. The molecule has 4 aromatic rings. The molecule has 3 aromatic heterocycles. The molecule has 0 radical (unpaired) electrons. The first-order valence-corrected chi connectivity index (χ1v) is 11.2. The highest BCUT2D eigenvalue weighted by atomic mass is 35.5. The number of thiazole rings is 1. The predicted octanol–water partition coefficient (Wildman–Crippen LogP) is 4.19. The summed E-state index contributed by atoms with van der Waals surface area (Å²) in [6.45, 7) is 2.26. The first-order chi connectivity index (χ1) is 15.0. The molecule has 0 spiro atoms. The van der Waals surface area contributed by atoms with Crippen LogP contribution in [0.15, 0.2) is 53.6 Å². The number of fused-ring (bicyclic) bond motifs is 1. The van der Waals surface area contributed by atoms with Crippen LogP contribution in [0.2, 0.25) is 4.47 Å². The molecule has 5 nitrogen and oxygen atoms in total. The minimum Gasteiger partial charge on any atom is -0.477 e. The number of aromatic nitrogens is 3. The fourth-order valence-corrected chi connectivity index (χ4v) is 4.61. The van der Waals surface area contributed by atoms with Crippen LogP contribution < -0.4 is 10.1 Å². The summed E-state index contributed by atoms with van der Waals surface area (Å²) in [4.78, 5) is 18.4. The van der Waals surface area contributed by atoms with Gasteiger partial charge in [0.05, 0.1) is 11.1 Å². The second kappa shape index (κ2) is 7.84. The van der Waals surface area contributed by atoms with Crippen molar-refractivity contribution in [2.45, 2.75) is 26.3 Å². The summed E-state index contributed by atoms with van der Waals surface area (Å²) in [5.74, 6) is 6.83. The molecule has 0 atom stereocenters. The Kier molecular flexibility index (Phi) is 5.01. The number of aryl methyl sites for hydroxylation is 1. The van der Waals surface area contributed by atoms with E-state index in [1.807, 2.05) is 43.3 Å². The van der Waals surface area contributed by atoms with Crippen LogP contribution in [0.3, 0.4) is 0 Å². The summed E-state index contributed by atoms with van der Waals surface area (Å²) in [7, 11) is 0. The van der Waals surface area contributed by atoms with Gasteiger partial charge in [-0.1, -0.05) is 35.6 Å². The van der Waals surface area contributed by atoms with E-state index in [0.717, 1.165) is 28.8 Å². The van der Waals surface area contributed by atoms with Crippen LogP contribution in [0.1, 0.15) is 28.8 Å². The molecule has 1 fully saturated rings. The lowest BCUT2D eigenvalue weighted by molar-refractivity contribution is -0.671. The number of aromatic hydroxyl groups is 1. The summed E-state index contributed by atoms with van der Waals surface area (Å²) >= 11 is 7.36. The zero-order valence-corrected chi connectivity index (χ0v) is 18.4. The first-order valence-electron chi connectivity index (χ1n) is 10.00.